The van der Waals surface area contributed by atoms with Gasteiger partial charge in [0.25, 0.3) is 5.91 Å². The van der Waals surface area contributed by atoms with Crippen molar-refractivity contribution < 1.29 is 19.1 Å². The van der Waals surface area contributed by atoms with Gasteiger partial charge in [0.05, 0.1) is 5.69 Å². The second kappa shape index (κ2) is 9.26. The van der Waals surface area contributed by atoms with Gasteiger partial charge in [-0.3, -0.25) is 19.8 Å². The Morgan fingerprint density at radius 1 is 1.24 bits per heavy atom. The molecule has 0 aromatic heterocycles. The van der Waals surface area contributed by atoms with Crippen LogP contribution in [0.2, 0.25) is 0 Å². The van der Waals surface area contributed by atoms with Gasteiger partial charge in [-0.25, -0.2) is 4.79 Å². The molecule has 1 aromatic rings. The minimum absolute atomic E-state index is 0.0286. The number of carbonyl (C=O) groups excluding carboxylic acids is 3. The number of hydrogen-bond acceptors (Lipinski definition) is 5. The summed E-state index contributed by atoms with van der Waals surface area (Å²) in [7, 11) is 0. The van der Waals surface area contributed by atoms with Gasteiger partial charge in [0.2, 0.25) is 5.91 Å². The average Bonchev–Trinajstić information content (AvgIpc) is 2.67. The van der Waals surface area contributed by atoms with Crippen molar-refractivity contribution in [3.05, 3.63) is 23.8 Å². The molecule has 0 saturated carbocycles. The Kier molecular flexibility index (Phi) is 6.74. The van der Waals surface area contributed by atoms with Gasteiger partial charge >= 0.3 is 6.03 Å². The fourth-order valence-corrected chi connectivity index (χ4v) is 3.84. The van der Waals surface area contributed by atoms with Crippen molar-refractivity contribution in [3.63, 3.8) is 0 Å². The standard InChI is InChI=1S/C21H30N4O4/c1-14(2)22-16-7-10-24(11-8-16)20(27)13-29-18-6-4-5-17(15(18)3)25-12-9-19(26)23-21(25)28/h4-6,14,16,22H,7-13H2,1-3H3,(H,23,26,28). The molecule has 158 valence electrons. The van der Waals surface area contributed by atoms with Crippen molar-refractivity contribution in [2.45, 2.75) is 52.1 Å². The lowest BCUT2D eigenvalue weighted by Gasteiger charge is -2.33. The van der Waals surface area contributed by atoms with Crippen molar-refractivity contribution in [1.82, 2.24) is 15.5 Å². The number of hydrogen-bond donors (Lipinski definition) is 2. The van der Waals surface area contributed by atoms with Crippen LogP contribution in [0, 0.1) is 6.92 Å². The first-order valence-electron chi connectivity index (χ1n) is 10.2. The molecule has 1 aromatic carbocycles. The highest BCUT2D eigenvalue weighted by Gasteiger charge is 2.27. The van der Waals surface area contributed by atoms with Gasteiger partial charge in [0.15, 0.2) is 6.61 Å². The molecule has 0 spiro atoms. The molecular formula is C21H30N4O4. The molecule has 0 aliphatic carbocycles. The maximum Gasteiger partial charge on any atom is 0.328 e. The SMILES string of the molecule is Cc1c(OCC(=O)N2CCC(NC(C)C)CC2)cccc1N1CCC(=O)NC1=O. The number of piperidine rings is 1. The molecule has 2 heterocycles. The molecule has 8 nitrogen and oxygen atoms in total. The lowest BCUT2D eigenvalue weighted by Crippen LogP contribution is -2.49. The van der Waals surface area contributed by atoms with E-state index in [0.29, 0.717) is 30.1 Å². The number of rotatable bonds is 6. The quantitative estimate of drug-likeness (QED) is 0.757. The number of carbonyl (C=O) groups is 3. The van der Waals surface area contributed by atoms with Crippen molar-refractivity contribution in [3.8, 4) is 5.75 Å². The Balaban J connectivity index is 1.57. The summed E-state index contributed by atoms with van der Waals surface area (Å²) in [6, 6.07) is 5.86. The van der Waals surface area contributed by atoms with Crippen LogP contribution in [0.3, 0.4) is 0 Å². The second-order valence-corrected chi connectivity index (χ2v) is 7.92. The summed E-state index contributed by atoms with van der Waals surface area (Å²) in [6.07, 6.45) is 2.15. The van der Waals surface area contributed by atoms with E-state index < -0.39 is 6.03 Å². The van der Waals surface area contributed by atoms with Crippen molar-refractivity contribution in [2.24, 2.45) is 0 Å². The molecule has 0 radical (unpaired) electrons. The fourth-order valence-electron chi connectivity index (χ4n) is 3.84. The number of ether oxygens (including phenoxy) is 1. The number of anilines is 1. The maximum atomic E-state index is 12.6. The van der Waals surface area contributed by atoms with Crippen LogP contribution in [0.1, 0.15) is 38.7 Å². The van der Waals surface area contributed by atoms with Gasteiger partial charge in [-0.1, -0.05) is 19.9 Å². The minimum atomic E-state index is -0.435. The minimum Gasteiger partial charge on any atom is -0.483 e. The Morgan fingerprint density at radius 2 is 1.97 bits per heavy atom. The van der Waals surface area contributed by atoms with Gasteiger partial charge < -0.3 is 15.0 Å². The van der Waals surface area contributed by atoms with Crippen molar-refractivity contribution in [2.75, 3.05) is 31.1 Å². The highest BCUT2D eigenvalue weighted by atomic mass is 16.5. The number of nitrogens with zero attached hydrogens (tertiary/aromatic N) is 2. The third-order valence-electron chi connectivity index (χ3n) is 5.37. The summed E-state index contributed by atoms with van der Waals surface area (Å²) in [5, 5.41) is 5.85. The summed E-state index contributed by atoms with van der Waals surface area (Å²) in [5.41, 5.74) is 1.45. The molecule has 0 unspecified atom stereocenters. The van der Waals surface area contributed by atoms with Crippen LogP contribution in [0.4, 0.5) is 10.5 Å². The van der Waals surface area contributed by atoms with E-state index in [1.807, 2.05) is 17.9 Å². The van der Waals surface area contributed by atoms with Gasteiger partial charge in [0, 0.05) is 43.7 Å². The summed E-state index contributed by atoms with van der Waals surface area (Å²) in [6.45, 7) is 7.87. The van der Waals surface area contributed by atoms with E-state index in [2.05, 4.69) is 24.5 Å². The summed E-state index contributed by atoms with van der Waals surface area (Å²) in [4.78, 5) is 39.4. The monoisotopic (exact) mass is 402 g/mol. The van der Waals surface area contributed by atoms with E-state index in [0.717, 1.165) is 31.5 Å². The smallest absolute Gasteiger partial charge is 0.328 e. The van der Waals surface area contributed by atoms with E-state index in [1.165, 1.54) is 4.90 Å². The molecule has 8 heteroatoms. The zero-order valence-electron chi connectivity index (χ0n) is 17.4. The van der Waals surface area contributed by atoms with Gasteiger partial charge in [-0.05, 0) is 31.9 Å². The van der Waals surface area contributed by atoms with Crippen molar-refractivity contribution in [1.29, 1.82) is 0 Å². The summed E-state index contributed by atoms with van der Waals surface area (Å²) in [5.74, 6) is 0.269. The third kappa shape index (κ3) is 5.26. The highest BCUT2D eigenvalue weighted by molar-refractivity contribution is 6.06. The predicted molar refractivity (Wildman–Crippen MR) is 110 cm³/mol. The molecular weight excluding hydrogens is 372 g/mol. The first-order chi connectivity index (χ1) is 13.8. The van der Waals surface area contributed by atoms with Crippen LogP contribution in [0.5, 0.6) is 5.75 Å². The zero-order chi connectivity index (χ0) is 21.0. The Hall–Kier alpha value is -2.61. The van der Waals surface area contributed by atoms with Crippen LogP contribution in [0.15, 0.2) is 18.2 Å². The summed E-state index contributed by atoms with van der Waals surface area (Å²) < 4.78 is 5.80. The summed E-state index contributed by atoms with van der Waals surface area (Å²) >= 11 is 0. The van der Waals surface area contributed by atoms with Gasteiger partial charge in [-0.15, -0.1) is 0 Å². The van der Waals surface area contributed by atoms with E-state index in [9.17, 15) is 14.4 Å². The van der Waals surface area contributed by atoms with Crippen LogP contribution in [-0.2, 0) is 9.59 Å². The molecule has 2 aliphatic rings. The Labute approximate surface area is 171 Å². The number of nitrogens with one attached hydrogen (secondary N) is 2. The maximum absolute atomic E-state index is 12.6. The number of likely N-dealkylation sites (tertiary alicyclic amines) is 1. The Bertz CT molecular complexity index is 772. The molecule has 2 saturated heterocycles. The number of imide groups is 1. The third-order valence-corrected chi connectivity index (χ3v) is 5.37. The number of benzene rings is 1. The molecule has 0 bridgehead atoms. The lowest BCUT2D eigenvalue weighted by atomic mass is 10.0. The first kappa shape index (κ1) is 21.1. The van der Waals surface area contributed by atoms with Gasteiger partial charge in [0.1, 0.15) is 5.75 Å². The fraction of sp³-hybridized carbons (Fsp3) is 0.571. The van der Waals surface area contributed by atoms with E-state index >= 15 is 0 Å². The topological polar surface area (TPSA) is 91.0 Å². The molecule has 29 heavy (non-hydrogen) atoms. The van der Waals surface area contributed by atoms with E-state index in [1.54, 1.807) is 12.1 Å². The molecule has 4 amide bonds. The van der Waals surface area contributed by atoms with Crippen LogP contribution in [-0.4, -0.2) is 61.1 Å². The van der Waals surface area contributed by atoms with Gasteiger partial charge in [-0.2, -0.15) is 0 Å². The Morgan fingerprint density at radius 3 is 2.62 bits per heavy atom. The molecule has 3 rings (SSSR count). The van der Waals surface area contributed by atoms with E-state index in [-0.39, 0.29) is 24.8 Å². The first-order valence-corrected chi connectivity index (χ1v) is 10.2. The highest BCUT2D eigenvalue weighted by Crippen LogP contribution is 2.29. The average molecular weight is 402 g/mol. The second-order valence-electron chi connectivity index (χ2n) is 7.92. The zero-order valence-corrected chi connectivity index (χ0v) is 17.4. The molecule has 2 N–H and O–H groups in total. The largest absolute Gasteiger partial charge is 0.483 e. The van der Waals surface area contributed by atoms with Crippen molar-refractivity contribution >= 4 is 23.5 Å². The number of urea groups is 1. The predicted octanol–water partition coefficient (Wildman–Crippen LogP) is 1.81. The number of amides is 4. The van der Waals surface area contributed by atoms with E-state index in [4.69, 9.17) is 4.74 Å². The van der Waals surface area contributed by atoms with Crippen LogP contribution in [0.25, 0.3) is 0 Å². The molecule has 0 atom stereocenters. The van der Waals surface area contributed by atoms with Crippen LogP contribution >= 0.6 is 0 Å². The normalized spacial score (nSPS) is 18.2. The molecule has 2 fully saturated rings. The van der Waals surface area contributed by atoms with Crippen LogP contribution < -0.4 is 20.3 Å². The lowest BCUT2D eigenvalue weighted by molar-refractivity contribution is -0.134. The molecule has 2 aliphatic heterocycles.